The Kier molecular flexibility index (Phi) is 3.81. The lowest BCUT2D eigenvalue weighted by Crippen LogP contribution is -2.29. The highest BCUT2D eigenvalue weighted by atomic mass is 35.5. The van der Waals surface area contributed by atoms with Crippen molar-refractivity contribution in [2.45, 2.75) is 6.04 Å². The third-order valence-corrected chi connectivity index (χ3v) is 5.25. The maximum Gasteiger partial charge on any atom is 0.295 e. The van der Waals surface area contributed by atoms with E-state index >= 15 is 0 Å². The fraction of sp³-hybridized carbons (Fsp3) is 0.0435. The van der Waals surface area contributed by atoms with Gasteiger partial charge >= 0.3 is 0 Å². The average molecular weight is 388 g/mol. The van der Waals surface area contributed by atoms with Crippen LogP contribution >= 0.6 is 11.6 Å². The Hall–Kier alpha value is -3.37. The standard InChI is InChI=1S/C23H14ClNO3/c24-15-10-12-16(13-11-15)25-20(14-6-2-1-3-7-14)19-21(26)17-8-4-5-9-18(17)28-22(19)23(25)27/h1-13,20H. The van der Waals surface area contributed by atoms with Crippen LogP contribution in [0.5, 0.6) is 0 Å². The Morgan fingerprint density at radius 2 is 1.50 bits per heavy atom. The molecule has 0 saturated carbocycles. The van der Waals surface area contributed by atoms with Crippen molar-refractivity contribution in [3.8, 4) is 0 Å². The van der Waals surface area contributed by atoms with Gasteiger partial charge < -0.3 is 4.42 Å². The van der Waals surface area contributed by atoms with Gasteiger partial charge in [-0.1, -0.05) is 54.1 Å². The number of anilines is 1. The third-order valence-electron chi connectivity index (χ3n) is 5.00. The Morgan fingerprint density at radius 3 is 2.25 bits per heavy atom. The predicted molar refractivity (Wildman–Crippen MR) is 109 cm³/mol. The molecule has 1 aliphatic rings. The molecule has 1 atom stereocenters. The van der Waals surface area contributed by atoms with Crippen LogP contribution in [0.2, 0.25) is 5.02 Å². The summed E-state index contributed by atoms with van der Waals surface area (Å²) in [5, 5.41) is 1.04. The zero-order chi connectivity index (χ0) is 19.3. The third kappa shape index (κ3) is 2.46. The van der Waals surface area contributed by atoms with Gasteiger partial charge in [0.2, 0.25) is 5.76 Å². The van der Waals surface area contributed by atoms with Gasteiger partial charge in [0.05, 0.1) is 17.0 Å². The van der Waals surface area contributed by atoms with Crippen LogP contribution in [-0.4, -0.2) is 5.91 Å². The molecule has 0 fully saturated rings. The van der Waals surface area contributed by atoms with Crippen LogP contribution < -0.4 is 10.3 Å². The van der Waals surface area contributed by atoms with Gasteiger partial charge in [0, 0.05) is 10.7 Å². The number of hydrogen-bond donors (Lipinski definition) is 0. The summed E-state index contributed by atoms with van der Waals surface area (Å²) in [7, 11) is 0. The maximum absolute atomic E-state index is 13.3. The molecular formula is C23H14ClNO3. The smallest absolute Gasteiger partial charge is 0.295 e. The molecule has 136 valence electrons. The lowest BCUT2D eigenvalue weighted by molar-refractivity contribution is 0.0971. The molecule has 1 amide bonds. The topological polar surface area (TPSA) is 50.5 Å². The van der Waals surface area contributed by atoms with Gasteiger partial charge in [0.15, 0.2) is 5.43 Å². The first-order valence-electron chi connectivity index (χ1n) is 8.85. The van der Waals surface area contributed by atoms with Crippen molar-refractivity contribution in [3.63, 3.8) is 0 Å². The van der Waals surface area contributed by atoms with Crippen LogP contribution in [0.3, 0.4) is 0 Å². The summed E-state index contributed by atoms with van der Waals surface area (Å²) < 4.78 is 5.91. The highest BCUT2D eigenvalue weighted by Crippen LogP contribution is 2.41. The lowest BCUT2D eigenvalue weighted by Gasteiger charge is -2.25. The Bertz CT molecular complexity index is 1260. The largest absolute Gasteiger partial charge is 0.450 e. The number of halogens is 1. The first-order chi connectivity index (χ1) is 13.6. The number of fused-ring (bicyclic) bond motifs is 2. The highest BCUT2D eigenvalue weighted by molar-refractivity contribution is 6.30. The minimum absolute atomic E-state index is 0.0903. The Labute approximate surface area is 165 Å². The van der Waals surface area contributed by atoms with Crippen molar-refractivity contribution < 1.29 is 9.21 Å². The van der Waals surface area contributed by atoms with Crippen LogP contribution in [0, 0.1) is 0 Å². The number of benzene rings is 3. The number of carbonyl (C=O) groups excluding carboxylic acids is 1. The number of hydrogen-bond acceptors (Lipinski definition) is 3. The summed E-state index contributed by atoms with van der Waals surface area (Å²) in [4.78, 5) is 28.2. The zero-order valence-corrected chi connectivity index (χ0v) is 15.4. The molecule has 0 aliphatic carbocycles. The fourth-order valence-electron chi connectivity index (χ4n) is 3.74. The van der Waals surface area contributed by atoms with Gasteiger partial charge in [-0.05, 0) is 42.0 Å². The maximum atomic E-state index is 13.3. The molecule has 1 aliphatic heterocycles. The first-order valence-corrected chi connectivity index (χ1v) is 9.23. The van der Waals surface area contributed by atoms with E-state index in [4.69, 9.17) is 16.0 Å². The quantitative estimate of drug-likeness (QED) is 0.475. The van der Waals surface area contributed by atoms with Crippen LogP contribution in [0.4, 0.5) is 5.69 Å². The van der Waals surface area contributed by atoms with Crippen molar-refractivity contribution in [2.24, 2.45) is 0 Å². The summed E-state index contributed by atoms with van der Waals surface area (Å²) in [5.74, 6) is -0.249. The van der Waals surface area contributed by atoms with Gasteiger partial charge in [-0.2, -0.15) is 0 Å². The van der Waals surface area contributed by atoms with E-state index < -0.39 is 6.04 Å². The van der Waals surface area contributed by atoms with Crippen LogP contribution in [0.15, 0.2) is 88.1 Å². The lowest BCUT2D eigenvalue weighted by atomic mass is 9.98. The molecule has 2 heterocycles. The second kappa shape index (κ2) is 6.36. The number of carbonyl (C=O) groups is 1. The average Bonchev–Trinajstić information content (AvgIpc) is 3.02. The molecule has 0 N–H and O–H groups in total. The second-order valence-corrected chi connectivity index (χ2v) is 7.07. The molecule has 0 saturated heterocycles. The van der Waals surface area contributed by atoms with Crippen LogP contribution in [0.25, 0.3) is 11.0 Å². The van der Waals surface area contributed by atoms with Crippen molar-refractivity contribution in [1.29, 1.82) is 0 Å². The normalized spacial score (nSPS) is 15.8. The Balaban J connectivity index is 1.82. The molecule has 4 aromatic rings. The fourth-order valence-corrected chi connectivity index (χ4v) is 3.86. The minimum Gasteiger partial charge on any atom is -0.450 e. The molecule has 3 aromatic carbocycles. The minimum atomic E-state index is -0.564. The van der Waals surface area contributed by atoms with E-state index in [-0.39, 0.29) is 17.1 Å². The van der Waals surface area contributed by atoms with E-state index in [0.29, 0.717) is 27.2 Å². The van der Waals surface area contributed by atoms with Crippen molar-refractivity contribution in [2.75, 3.05) is 4.90 Å². The summed E-state index contributed by atoms with van der Waals surface area (Å²) in [5.41, 5.74) is 2.08. The summed E-state index contributed by atoms with van der Waals surface area (Å²) in [6.07, 6.45) is 0. The van der Waals surface area contributed by atoms with Gasteiger partial charge in [-0.3, -0.25) is 14.5 Å². The van der Waals surface area contributed by atoms with Gasteiger partial charge in [-0.15, -0.1) is 0 Å². The van der Waals surface area contributed by atoms with Crippen LogP contribution in [-0.2, 0) is 0 Å². The van der Waals surface area contributed by atoms with E-state index in [2.05, 4.69) is 0 Å². The van der Waals surface area contributed by atoms with E-state index in [1.165, 1.54) is 0 Å². The second-order valence-electron chi connectivity index (χ2n) is 6.63. The van der Waals surface area contributed by atoms with E-state index in [9.17, 15) is 9.59 Å². The number of amides is 1. The monoisotopic (exact) mass is 387 g/mol. The molecule has 0 spiro atoms. The van der Waals surface area contributed by atoms with Crippen LogP contribution in [0.1, 0.15) is 27.7 Å². The zero-order valence-electron chi connectivity index (χ0n) is 14.6. The highest BCUT2D eigenvalue weighted by Gasteiger charge is 2.43. The SMILES string of the molecule is O=C1c2oc3ccccc3c(=O)c2C(c2ccccc2)N1c1ccc(Cl)cc1. The van der Waals surface area contributed by atoms with E-state index in [1.54, 1.807) is 53.4 Å². The molecule has 4 nitrogen and oxygen atoms in total. The molecule has 0 radical (unpaired) electrons. The van der Waals surface area contributed by atoms with E-state index in [1.807, 2.05) is 30.3 Å². The molecular weight excluding hydrogens is 374 g/mol. The molecule has 0 bridgehead atoms. The number of nitrogens with zero attached hydrogens (tertiary/aromatic N) is 1. The van der Waals surface area contributed by atoms with Crippen molar-refractivity contribution in [3.05, 3.63) is 111 Å². The summed E-state index contributed by atoms with van der Waals surface area (Å²) >= 11 is 6.02. The summed E-state index contributed by atoms with van der Waals surface area (Å²) in [6, 6.07) is 22.9. The molecule has 5 rings (SSSR count). The Morgan fingerprint density at radius 1 is 0.821 bits per heavy atom. The van der Waals surface area contributed by atoms with Gasteiger partial charge in [-0.25, -0.2) is 0 Å². The number of para-hydroxylation sites is 1. The van der Waals surface area contributed by atoms with Crippen molar-refractivity contribution in [1.82, 2.24) is 0 Å². The molecule has 5 heteroatoms. The van der Waals surface area contributed by atoms with Gasteiger partial charge in [0.1, 0.15) is 5.58 Å². The molecule has 1 aromatic heterocycles. The first kappa shape index (κ1) is 16.8. The number of rotatable bonds is 2. The van der Waals surface area contributed by atoms with Crippen molar-refractivity contribution >= 4 is 34.2 Å². The van der Waals surface area contributed by atoms with Gasteiger partial charge in [0.25, 0.3) is 5.91 Å². The predicted octanol–water partition coefficient (Wildman–Crippen LogP) is 5.20. The van der Waals surface area contributed by atoms with E-state index in [0.717, 1.165) is 5.56 Å². The molecule has 1 unspecified atom stereocenters. The molecule has 28 heavy (non-hydrogen) atoms. The summed E-state index contributed by atoms with van der Waals surface area (Å²) in [6.45, 7) is 0.